The lowest BCUT2D eigenvalue weighted by Gasteiger charge is -2.10. The van der Waals surface area contributed by atoms with E-state index >= 15 is 0 Å². The van der Waals surface area contributed by atoms with Crippen LogP contribution in [-0.2, 0) is 9.59 Å². The lowest BCUT2D eigenvalue weighted by Crippen LogP contribution is -2.20. The van der Waals surface area contributed by atoms with E-state index in [1.807, 2.05) is 0 Å². The molecule has 26 heavy (non-hydrogen) atoms. The highest BCUT2D eigenvalue weighted by molar-refractivity contribution is 6.31. The van der Waals surface area contributed by atoms with Crippen molar-refractivity contribution in [2.24, 2.45) is 5.73 Å². The highest BCUT2D eigenvalue weighted by atomic mass is 35.5. The van der Waals surface area contributed by atoms with E-state index in [0.29, 0.717) is 22.7 Å². The number of carbonyl (C=O) groups is 2. The SMILES string of the molecule is COc1cc(/C=C/C(=O)Nc2ccc(F)c(Cl)c2)ccc1OCC(N)=O. The van der Waals surface area contributed by atoms with Gasteiger partial charge in [-0.3, -0.25) is 9.59 Å². The van der Waals surface area contributed by atoms with E-state index in [1.54, 1.807) is 24.3 Å². The first-order valence-corrected chi connectivity index (χ1v) is 7.80. The Morgan fingerprint density at radius 2 is 2.00 bits per heavy atom. The Balaban J connectivity index is 2.05. The number of anilines is 1. The molecule has 8 heteroatoms. The third-order valence-electron chi connectivity index (χ3n) is 3.17. The Hall–Kier alpha value is -3.06. The van der Waals surface area contributed by atoms with Crippen LogP contribution in [0.3, 0.4) is 0 Å². The molecule has 0 saturated heterocycles. The summed E-state index contributed by atoms with van der Waals surface area (Å²) in [5, 5.41) is 2.49. The highest BCUT2D eigenvalue weighted by Gasteiger charge is 2.07. The number of rotatable bonds is 7. The van der Waals surface area contributed by atoms with Crippen LogP contribution in [0.5, 0.6) is 11.5 Å². The molecule has 0 aliphatic carbocycles. The summed E-state index contributed by atoms with van der Waals surface area (Å²) in [6, 6.07) is 8.79. The number of nitrogens with two attached hydrogens (primary N) is 1. The van der Waals surface area contributed by atoms with Gasteiger partial charge < -0.3 is 20.5 Å². The van der Waals surface area contributed by atoms with Gasteiger partial charge in [-0.2, -0.15) is 0 Å². The van der Waals surface area contributed by atoms with E-state index < -0.39 is 17.6 Å². The van der Waals surface area contributed by atoms with Crippen LogP contribution in [0.1, 0.15) is 5.56 Å². The molecule has 0 bridgehead atoms. The predicted octanol–water partition coefficient (Wildman–Crippen LogP) is 3.00. The number of nitrogens with one attached hydrogen (secondary N) is 1. The second-order valence-corrected chi connectivity index (χ2v) is 5.52. The molecule has 2 rings (SSSR count). The monoisotopic (exact) mass is 378 g/mol. The van der Waals surface area contributed by atoms with Gasteiger partial charge in [-0.25, -0.2) is 4.39 Å². The van der Waals surface area contributed by atoms with Gasteiger partial charge in [0, 0.05) is 11.8 Å². The molecule has 0 aliphatic rings. The van der Waals surface area contributed by atoms with Crippen LogP contribution in [0.4, 0.5) is 10.1 Å². The van der Waals surface area contributed by atoms with E-state index in [0.717, 1.165) is 6.07 Å². The number of benzene rings is 2. The summed E-state index contributed by atoms with van der Waals surface area (Å²) < 4.78 is 23.5. The molecule has 0 aliphatic heterocycles. The zero-order chi connectivity index (χ0) is 19.1. The van der Waals surface area contributed by atoms with Crippen LogP contribution in [0.2, 0.25) is 5.02 Å². The maximum absolute atomic E-state index is 13.1. The van der Waals surface area contributed by atoms with Crippen molar-refractivity contribution in [3.63, 3.8) is 0 Å². The smallest absolute Gasteiger partial charge is 0.255 e. The van der Waals surface area contributed by atoms with Gasteiger partial charge in [0.15, 0.2) is 18.1 Å². The summed E-state index contributed by atoms with van der Waals surface area (Å²) in [6.45, 7) is -0.270. The lowest BCUT2D eigenvalue weighted by atomic mass is 10.2. The fourth-order valence-corrected chi connectivity index (χ4v) is 2.17. The maximum atomic E-state index is 13.1. The van der Waals surface area contributed by atoms with Crippen LogP contribution >= 0.6 is 11.6 Å². The topological polar surface area (TPSA) is 90.7 Å². The normalized spacial score (nSPS) is 10.6. The second-order valence-electron chi connectivity index (χ2n) is 5.12. The molecule has 6 nitrogen and oxygen atoms in total. The molecule has 2 aromatic rings. The third kappa shape index (κ3) is 5.49. The van der Waals surface area contributed by atoms with Gasteiger partial charge in [0.1, 0.15) is 5.82 Å². The van der Waals surface area contributed by atoms with E-state index in [1.165, 1.54) is 25.3 Å². The average molecular weight is 379 g/mol. The maximum Gasteiger partial charge on any atom is 0.255 e. The largest absolute Gasteiger partial charge is 0.493 e. The Kier molecular flexibility index (Phi) is 6.57. The number of carbonyl (C=O) groups excluding carboxylic acids is 2. The molecule has 0 heterocycles. The van der Waals surface area contributed by atoms with Gasteiger partial charge >= 0.3 is 0 Å². The molecule has 2 aromatic carbocycles. The van der Waals surface area contributed by atoms with Gasteiger partial charge in [0.05, 0.1) is 12.1 Å². The number of hydrogen-bond donors (Lipinski definition) is 2. The fraction of sp³-hybridized carbons (Fsp3) is 0.111. The van der Waals surface area contributed by atoms with Crippen molar-refractivity contribution in [3.8, 4) is 11.5 Å². The number of ether oxygens (including phenoxy) is 2. The summed E-state index contributed by atoms with van der Waals surface area (Å²) in [4.78, 5) is 22.7. The van der Waals surface area contributed by atoms with E-state index in [-0.39, 0.29) is 11.6 Å². The van der Waals surface area contributed by atoms with Gasteiger partial charge in [-0.05, 0) is 42.0 Å². The zero-order valence-corrected chi connectivity index (χ0v) is 14.5. The Bertz CT molecular complexity index is 855. The highest BCUT2D eigenvalue weighted by Crippen LogP contribution is 2.28. The standard InChI is InChI=1S/C18H16ClFN2O4/c1-25-16-8-11(2-6-15(16)26-10-17(21)23)3-7-18(24)22-12-4-5-14(20)13(19)9-12/h2-9H,10H2,1H3,(H2,21,23)(H,22,24)/b7-3+. The van der Waals surface area contributed by atoms with E-state index in [4.69, 9.17) is 26.8 Å². The lowest BCUT2D eigenvalue weighted by molar-refractivity contribution is -0.120. The number of primary amides is 1. The number of hydrogen-bond acceptors (Lipinski definition) is 4. The summed E-state index contributed by atoms with van der Waals surface area (Å²) in [5.41, 5.74) is 6.08. The molecular formula is C18H16ClFN2O4. The molecule has 0 fully saturated rings. The quantitative estimate of drug-likeness (QED) is 0.724. The second kappa shape index (κ2) is 8.87. The van der Waals surface area contributed by atoms with E-state index in [2.05, 4.69) is 5.32 Å². The Morgan fingerprint density at radius 1 is 1.23 bits per heavy atom. The van der Waals surface area contributed by atoms with Crippen molar-refractivity contribution < 1.29 is 23.5 Å². The molecule has 0 spiro atoms. The van der Waals surface area contributed by atoms with Gasteiger partial charge in [0.25, 0.3) is 5.91 Å². The van der Waals surface area contributed by atoms with Gasteiger partial charge in [-0.15, -0.1) is 0 Å². The minimum absolute atomic E-state index is 0.0805. The Morgan fingerprint density at radius 3 is 2.65 bits per heavy atom. The molecule has 2 amide bonds. The molecule has 0 radical (unpaired) electrons. The van der Waals surface area contributed by atoms with Crippen LogP contribution < -0.4 is 20.5 Å². The molecule has 0 aromatic heterocycles. The fourth-order valence-electron chi connectivity index (χ4n) is 1.99. The van der Waals surface area contributed by atoms with Crippen LogP contribution in [0.25, 0.3) is 6.08 Å². The minimum atomic E-state index is -0.603. The minimum Gasteiger partial charge on any atom is -0.493 e. The molecular weight excluding hydrogens is 363 g/mol. The van der Waals surface area contributed by atoms with Crippen LogP contribution in [0.15, 0.2) is 42.5 Å². The van der Waals surface area contributed by atoms with Crippen molar-refractivity contribution in [2.75, 3.05) is 19.0 Å². The molecule has 3 N–H and O–H groups in total. The van der Waals surface area contributed by atoms with Crippen molar-refractivity contribution in [1.82, 2.24) is 0 Å². The summed E-state index contributed by atoms with van der Waals surface area (Å²) in [7, 11) is 1.45. The predicted molar refractivity (Wildman–Crippen MR) is 96.8 cm³/mol. The summed E-state index contributed by atoms with van der Waals surface area (Å²) >= 11 is 5.66. The summed E-state index contributed by atoms with van der Waals surface area (Å²) in [6.07, 6.45) is 2.86. The average Bonchev–Trinajstić information content (AvgIpc) is 2.61. The van der Waals surface area contributed by atoms with Crippen molar-refractivity contribution in [1.29, 1.82) is 0 Å². The van der Waals surface area contributed by atoms with Crippen molar-refractivity contribution in [3.05, 3.63) is 58.9 Å². The van der Waals surface area contributed by atoms with E-state index in [9.17, 15) is 14.0 Å². The molecule has 136 valence electrons. The molecule has 0 atom stereocenters. The van der Waals surface area contributed by atoms with Crippen molar-refractivity contribution in [2.45, 2.75) is 0 Å². The first-order chi connectivity index (χ1) is 12.4. The number of halogens is 2. The van der Waals surface area contributed by atoms with Crippen molar-refractivity contribution >= 4 is 35.2 Å². The third-order valence-corrected chi connectivity index (χ3v) is 3.46. The van der Waals surface area contributed by atoms with Gasteiger partial charge in [0.2, 0.25) is 5.91 Å². The number of amides is 2. The number of methoxy groups -OCH3 is 1. The van der Waals surface area contributed by atoms with Gasteiger partial charge in [-0.1, -0.05) is 17.7 Å². The first-order valence-electron chi connectivity index (χ1n) is 7.42. The Labute approximate surface area is 154 Å². The molecule has 0 unspecified atom stereocenters. The summed E-state index contributed by atoms with van der Waals surface area (Å²) in [5.74, 6) is -0.840. The molecule has 0 saturated carbocycles. The van der Waals surface area contributed by atoms with Crippen LogP contribution in [-0.4, -0.2) is 25.5 Å². The van der Waals surface area contributed by atoms with Crippen LogP contribution in [0, 0.1) is 5.82 Å². The zero-order valence-electron chi connectivity index (χ0n) is 13.8. The first kappa shape index (κ1) is 19.3.